The number of hydrogen-bond donors (Lipinski definition) is 2. The number of carbonyl (C=O) groups excluding carboxylic acids is 2. The van der Waals surface area contributed by atoms with Crippen LogP contribution in [-0.2, 0) is 4.79 Å². The van der Waals surface area contributed by atoms with Gasteiger partial charge in [-0.2, -0.15) is 0 Å². The number of halogens is 2. The van der Waals surface area contributed by atoms with Crippen molar-refractivity contribution >= 4 is 11.9 Å². The molecule has 0 unspecified atom stereocenters. The van der Waals surface area contributed by atoms with Crippen molar-refractivity contribution in [1.29, 1.82) is 0 Å². The molecule has 1 spiro atoms. The topological polar surface area (TPSA) is 69.6 Å². The van der Waals surface area contributed by atoms with Crippen LogP contribution in [0.25, 0.3) is 0 Å². The van der Waals surface area contributed by atoms with E-state index in [2.05, 4.69) is 5.32 Å². The third-order valence-corrected chi connectivity index (χ3v) is 5.18. The minimum atomic E-state index is -1.41. The third kappa shape index (κ3) is 2.66. The third-order valence-electron chi connectivity index (χ3n) is 5.18. The molecule has 3 amide bonds. The molecule has 1 saturated heterocycles. The second kappa shape index (κ2) is 6.12. The Kier molecular flexibility index (Phi) is 4.29. The number of urea groups is 1. The molecule has 1 aliphatic carbocycles. The lowest BCUT2D eigenvalue weighted by Gasteiger charge is -2.37. The van der Waals surface area contributed by atoms with E-state index in [0.29, 0.717) is 12.5 Å². The minimum absolute atomic E-state index is 0.00685. The highest BCUT2D eigenvalue weighted by Gasteiger charge is 2.55. The van der Waals surface area contributed by atoms with Crippen LogP contribution in [0.4, 0.5) is 13.6 Å². The summed E-state index contributed by atoms with van der Waals surface area (Å²) < 4.78 is 26.7. The molecule has 1 heterocycles. The number of imide groups is 1. The van der Waals surface area contributed by atoms with Gasteiger partial charge in [-0.05, 0) is 24.8 Å². The lowest BCUT2D eigenvalue weighted by Crippen LogP contribution is -2.54. The normalized spacial score (nSPS) is 28.3. The molecule has 0 radical (unpaired) electrons. The first-order valence-corrected chi connectivity index (χ1v) is 8.12. The molecule has 3 rings (SSSR count). The van der Waals surface area contributed by atoms with Gasteiger partial charge in [0.15, 0.2) is 0 Å². The molecule has 1 aromatic rings. The van der Waals surface area contributed by atoms with Crippen LogP contribution in [0.1, 0.15) is 44.3 Å². The summed E-state index contributed by atoms with van der Waals surface area (Å²) in [5.74, 6) is -2.03. The van der Waals surface area contributed by atoms with Gasteiger partial charge in [0.05, 0.1) is 12.6 Å². The molecule has 0 bridgehead atoms. The number of hydrogen-bond acceptors (Lipinski definition) is 3. The lowest BCUT2D eigenvalue weighted by atomic mass is 9.73. The molecular weight excluding hydrogens is 318 g/mol. The van der Waals surface area contributed by atoms with Crippen LogP contribution in [0.2, 0.25) is 0 Å². The monoisotopic (exact) mass is 338 g/mol. The van der Waals surface area contributed by atoms with Gasteiger partial charge in [0.2, 0.25) is 0 Å². The summed E-state index contributed by atoms with van der Waals surface area (Å²) in [5.41, 5.74) is -1.06. The zero-order chi connectivity index (χ0) is 17.5. The molecule has 5 nitrogen and oxygen atoms in total. The zero-order valence-electron chi connectivity index (χ0n) is 13.4. The van der Waals surface area contributed by atoms with Gasteiger partial charge in [0.25, 0.3) is 5.91 Å². The largest absolute Gasteiger partial charge is 0.386 e. The van der Waals surface area contributed by atoms with Gasteiger partial charge in [0.1, 0.15) is 17.2 Å². The highest BCUT2D eigenvalue weighted by Crippen LogP contribution is 2.38. The second-order valence-corrected chi connectivity index (χ2v) is 6.65. The summed E-state index contributed by atoms with van der Waals surface area (Å²) in [6.45, 7) is 1.57. The number of benzene rings is 1. The van der Waals surface area contributed by atoms with Crippen molar-refractivity contribution in [2.75, 3.05) is 6.54 Å². The fourth-order valence-corrected chi connectivity index (χ4v) is 3.70. The van der Waals surface area contributed by atoms with Crippen LogP contribution < -0.4 is 5.32 Å². The summed E-state index contributed by atoms with van der Waals surface area (Å²) in [5, 5.41) is 13.0. The fraction of sp³-hybridized carbons (Fsp3) is 0.529. The van der Waals surface area contributed by atoms with Crippen LogP contribution >= 0.6 is 0 Å². The fourth-order valence-electron chi connectivity index (χ4n) is 3.70. The second-order valence-electron chi connectivity index (χ2n) is 6.65. The SMILES string of the molecule is C[C@@H]1CCCC[C@@]12NC(=O)N(C[C@H](O)c1ccc(F)cc1F)C2=O. The molecule has 7 heteroatoms. The van der Waals surface area contributed by atoms with E-state index >= 15 is 0 Å². The highest BCUT2D eigenvalue weighted by molar-refractivity contribution is 6.07. The molecule has 3 atom stereocenters. The van der Waals surface area contributed by atoms with Gasteiger partial charge in [-0.15, -0.1) is 0 Å². The molecule has 24 heavy (non-hydrogen) atoms. The maximum absolute atomic E-state index is 13.8. The maximum Gasteiger partial charge on any atom is 0.325 e. The van der Waals surface area contributed by atoms with E-state index in [-0.39, 0.29) is 23.9 Å². The van der Waals surface area contributed by atoms with Crippen LogP contribution in [0.3, 0.4) is 0 Å². The summed E-state index contributed by atoms with van der Waals surface area (Å²) in [6.07, 6.45) is 1.86. The molecule has 1 aromatic carbocycles. The predicted octanol–water partition coefficient (Wildman–Crippen LogP) is 2.50. The summed E-state index contributed by atoms with van der Waals surface area (Å²) in [4.78, 5) is 26.0. The van der Waals surface area contributed by atoms with Crippen LogP contribution in [-0.4, -0.2) is 34.0 Å². The lowest BCUT2D eigenvalue weighted by molar-refractivity contribution is -0.135. The highest BCUT2D eigenvalue weighted by atomic mass is 19.1. The molecule has 2 aliphatic rings. The number of aliphatic hydroxyl groups is 1. The van der Waals surface area contributed by atoms with Gasteiger partial charge in [0, 0.05) is 11.6 Å². The van der Waals surface area contributed by atoms with Crippen LogP contribution in [0.15, 0.2) is 18.2 Å². The van der Waals surface area contributed by atoms with E-state index in [1.165, 1.54) is 0 Å². The van der Waals surface area contributed by atoms with Crippen molar-refractivity contribution in [2.45, 2.75) is 44.2 Å². The number of β-amino-alcohol motifs (C(OH)–C–C–N with tert-alkyl or cyclic N) is 1. The van der Waals surface area contributed by atoms with Crippen molar-refractivity contribution in [2.24, 2.45) is 5.92 Å². The molecule has 2 fully saturated rings. The van der Waals surface area contributed by atoms with E-state index in [9.17, 15) is 23.5 Å². The Bertz CT molecular complexity index is 682. The number of nitrogens with one attached hydrogen (secondary N) is 1. The van der Waals surface area contributed by atoms with Crippen LogP contribution in [0, 0.1) is 17.6 Å². The summed E-state index contributed by atoms with van der Waals surface area (Å²) >= 11 is 0. The quantitative estimate of drug-likeness (QED) is 0.832. The number of aliphatic hydroxyl groups excluding tert-OH is 1. The molecule has 0 aromatic heterocycles. The van der Waals surface area contributed by atoms with Crippen molar-refractivity contribution in [3.05, 3.63) is 35.4 Å². The number of carbonyl (C=O) groups is 2. The molecule has 130 valence electrons. The Labute approximate surface area is 138 Å². The van der Waals surface area contributed by atoms with E-state index in [1.54, 1.807) is 0 Å². The Morgan fingerprint density at radius 1 is 1.38 bits per heavy atom. The number of amides is 3. The zero-order valence-corrected chi connectivity index (χ0v) is 13.4. The minimum Gasteiger partial charge on any atom is -0.386 e. The first kappa shape index (κ1) is 16.8. The van der Waals surface area contributed by atoms with E-state index in [4.69, 9.17) is 0 Å². The van der Waals surface area contributed by atoms with Gasteiger partial charge < -0.3 is 10.4 Å². The predicted molar refractivity (Wildman–Crippen MR) is 81.9 cm³/mol. The smallest absolute Gasteiger partial charge is 0.325 e. The average molecular weight is 338 g/mol. The maximum atomic E-state index is 13.8. The Balaban J connectivity index is 1.80. The van der Waals surface area contributed by atoms with Crippen LogP contribution in [0.5, 0.6) is 0 Å². The number of rotatable bonds is 3. The summed E-state index contributed by atoms with van der Waals surface area (Å²) in [6, 6.07) is 2.23. The van der Waals surface area contributed by atoms with E-state index < -0.39 is 29.3 Å². The first-order chi connectivity index (χ1) is 11.3. The Hall–Kier alpha value is -2.02. The average Bonchev–Trinajstić information content (AvgIpc) is 2.75. The molecule has 2 N–H and O–H groups in total. The van der Waals surface area contributed by atoms with Crippen molar-refractivity contribution in [3.8, 4) is 0 Å². The van der Waals surface area contributed by atoms with Gasteiger partial charge in [-0.1, -0.05) is 25.8 Å². The molecule has 1 aliphatic heterocycles. The number of nitrogens with zero attached hydrogens (tertiary/aromatic N) is 1. The van der Waals surface area contributed by atoms with Crippen molar-refractivity contribution in [3.63, 3.8) is 0 Å². The van der Waals surface area contributed by atoms with Gasteiger partial charge in [-0.25, -0.2) is 13.6 Å². The summed E-state index contributed by atoms with van der Waals surface area (Å²) in [7, 11) is 0. The molecular formula is C17H20F2N2O3. The Morgan fingerprint density at radius 2 is 2.12 bits per heavy atom. The Morgan fingerprint density at radius 3 is 2.79 bits per heavy atom. The first-order valence-electron chi connectivity index (χ1n) is 8.12. The van der Waals surface area contributed by atoms with Crippen molar-refractivity contribution < 1.29 is 23.5 Å². The standard InChI is InChI=1S/C17H20F2N2O3/c1-10-4-2-3-7-17(10)15(23)21(16(24)20-17)9-14(22)12-6-5-11(18)8-13(12)19/h5-6,8,10,14,22H,2-4,7,9H2,1H3,(H,20,24)/t10-,14+,17-/m1/s1. The van der Waals surface area contributed by atoms with E-state index in [1.807, 2.05) is 6.92 Å². The van der Waals surface area contributed by atoms with Gasteiger partial charge in [-0.3, -0.25) is 9.69 Å². The van der Waals surface area contributed by atoms with E-state index in [0.717, 1.165) is 36.3 Å². The van der Waals surface area contributed by atoms with Gasteiger partial charge >= 0.3 is 6.03 Å². The van der Waals surface area contributed by atoms with Crippen molar-refractivity contribution in [1.82, 2.24) is 10.2 Å². The molecule has 1 saturated carbocycles.